The van der Waals surface area contributed by atoms with Gasteiger partial charge in [-0.25, -0.2) is 4.98 Å². The molecule has 2 heterocycles. The first kappa shape index (κ1) is 19.1. The van der Waals surface area contributed by atoms with E-state index in [1.807, 2.05) is 30.0 Å². The summed E-state index contributed by atoms with van der Waals surface area (Å²) in [5, 5.41) is 0. The number of hydrogen-bond donors (Lipinski definition) is 0. The summed E-state index contributed by atoms with van der Waals surface area (Å²) in [7, 11) is 0. The van der Waals surface area contributed by atoms with Gasteiger partial charge in [0.25, 0.3) is 0 Å². The van der Waals surface area contributed by atoms with E-state index in [0.717, 1.165) is 35.4 Å². The summed E-state index contributed by atoms with van der Waals surface area (Å²) in [5.41, 5.74) is 6.59. The molecular formula is C29H21NOS. The molecule has 6 rings (SSSR count). The van der Waals surface area contributed by atoms with Gasteiger partial charge >= 0.3 is 0 Å². The van der Waals surface area contributed by atoms with E-state index in [0.29, 0.717) is 5.89 Å². The van der Waals surface area contributed by atoms with Gasteiger partial charge in [0.05, 0.1) is 0 Å². The molecular weight excluding hydrogens is 410 g/mol. The average molecular weight is 432 g/mol. The maximum absolute atomic E-state index is 6.38. The van der Waals surface area contributed by atoms with Gasteiger partial charge in [-0.2, -0.15) is 0 Å². The molecule has 1 aromatic heterocycles. The van der Waals surface area contributed by atoms with E-state index in [2.05, 4.69) is 85.0 Å². The predicted molar refractivity (Wildman–Crippen MR) is 132 cm³/mol. The highest BCUT2D eigenvalue weighted by molar-refractivity contribution is 7.99. The van der Waals surface area contributed by atoms with Crippen LogP contribution in [0.15, 0.2) is 111 Å². The van der Waals surface area contributed by atoms with Gasteiger partial charge in [0.2, 0.25) is 5.89 Å². The normalized spacial score (nSPS) is 14.5. The Balaban J connectivity index is 1.57. The molecule has 0 saturated carbocycles. The number of hydrogen-bond acceptors (Lipinski definition) is 3. The fourth-order valence-electron chi connectivity index (χ4n) is 4.23. The zero-order chi connectivity index (χ0) is 21.3. The van der Waals surface area contributed by atoms with E-state index in [9.17, 15) is 0 Å². The summed E-state index contributed by atoms with van der Waals surface area (Å²) in [6.45, 7) is 0. The summed E-state index contributed by atoms with van der Waals surface area (Å²) in [6, 6.07) is 27.4. The van der Waals surface area contributed by atoms with Crippen molar-refractivity contribution in [1.82, 2.24) is 4.98 Å². The Bertz CT molecular complexity index is 1340. The van der Waals surface area contributed by atoms with Crippen molar-refractivity contribution in [3.05, 3.63) is 120 Å². The minimum atomic E-state index is 0.679. The second-order valence-corrected chi connectivity index (χ2v) is 8.97. The third kappa shape index (κ3) is 3.45. The second kappa shape index (κ2) is 8.18. The summed E-state index contributed by atoms with van der Waals surface area (Å²) in [4.78, 5) is 7.51. The molecule has 1 aliphatic heterocycles. The number of nitrogens with zero attached hydrogens (tertiary/aromatic N) is 1. The molecule has 0 saturated heterocycles. The van der Waals surface area contributed by atoms with E-state index in [1.54, 1.807) is 0 Å². The summed E-state index contributed by atoms with van der Waals surface area (Å²) >= 11 is 1.82. The monoisotopic (exact) mass is 431 g/mol. The van der Waals surface area contributed by atoms with Crippen molar-refractivity contribution in [2.75, 3.05) is 0 Å². The van der Waals surface area contributed by atoms with Crippen LogP contribution in [0.3, 0.4) is 0 Å². The van der Waals surface area contributed by atoms with E-state index in [4.69, 9.17) is 9.40 Å². The van der Waals surface area contributed by atoms with Crippen LogP contribution in [0.1, 0.15) is 35.6 Å². The zero-order valence-electron chi connectivity index (χ0n) is 17.5. The van der Waals surface area contributed by atoms with Gasteiger partial charge in [0, 0.05) is 20.9 Å². The SMILES string of the molecule is C1=CC(c2nc(C=C3c4ccccc4Sc4ccccc43)c(-c3ccccc3)o2)=CCC1. The first-order chi connectivity index (χ1) is 15.9. The van der Waals surface area contributed by atoms with Gasteiger partial charge in [0.1, 0.15) is 5.69 Å². The topological polar surface area (TPSA) is 26.0 Å². The predicted octanol–water partition coefficient (Wildman–Crippen LogP) is 8.13. The largest absolute Gasteiger partial charge is 0.435 e. The molecule has 0 radical (unpaired) electrons. The Labute approximate surface area is 192 Å². The smallest absolute Gasteiger partial charge is 0.227 e. The molecule has 4 aromatic rings. The summed E-state index contributed by atoms with van der Waals surface area (Å²) in [5.74, 6) is 1.49. The lowest BCUT2D eigenvalue weighted by Crippen LogP contribution is -1.99. The molecule has 0 bridgehead atoms. The molecule has 32 heavy (non-hydrogen) atoms. The molecule has 154 valence electrons. The van der Waals surface area contributed by atoms with E-state index >= 15 is 0 Å². The molecule has 0 fully saturated rings. The van der Waals surface area contributed by atoms with Gasteiger partial charge in [-0.3, -0.25) is 0 Å². The Hall–Kier alpha value is -3.56. The van der Waals surface area contributed by atoms with Gasteiger partial charge in [0.15, 0.2) is 5.76 Å². The Morgan fingerprint density at radius 3 is 2.16 bits per heavy atom. The lowest BCUT2D eigenvalue weighted by Gasteiger charge is -2.21. The van der Waals surface area contributed by atoms with Crippen LogP contribution in [0, 0.1) is 0 Å². The number of benzene rings is 3. The molecule has 3 aromatic carbocycles. The highest BCUT2D eigenvalue weighted by Crippen LogP contribution is 2.46. The maximum atomic E-state index is 6.38. The Morgan fingerprint density at radius 2 is 1.47 bits per heavy atom. The lowest BCUT2D eigenvalue weighted by atomic mass is 9.95. The fourth-order valence-corrected chi connectivity index (χ4v) is 5.34. The van der Waals surface area contributed by atoms with Crippen molar-refractivity contribution in [2.24, 2.45) is 0 Å². The average Bonchev–Trinajstić information content (AvgIpc) is 3.29. The second-order valence-electron chi connectivity index (χ2n) is 7.89. The quantitative estimate of drug-likeness (QED) is 0.288. The number of rotatable bonds is 3. The van der Waals surface area contributed by atoms with Crippen LogP contribution < -0.4 is 0 Å². The third-order valence-electron chi connectivity index (χ3n) is 5.79. The van der Waals surface area contributed by atoms with Crippen LogP contribution in [0.25, 0.3) is 28.5 Å². The van der Waals surface area contributed by atoms with Crippen molar-refractivity contribution in [2.45, 2.75) is 22.6 Å². The minimum Gasteiger partial charge on any atom is -0.435 e. The lowest BCUT2D eigenvalue weighted by molar-refractivity contribution is 0.556. The minimum absolute atomic E-state index is 0.679. The van der Waals surface area contributed by atoms with Crippen LogP contribution in [-0.4, -0.2) is 4.98 Å². The molecule has 0 N–H and O–H groups in total. The summed E-state index contributed by atoms with van der Waals surface area (Å²) < 4.78 is 6.38. The molecule has 1 aliphatic carbocycles. The molecule has 0 spiro atoms. The molecule has 0 unspecified atom stereocenters. The maximum Gasteiger partial charge on any atom is 0.227 e. The standard InChI is InChI=1S/C29H21NOS/c1-3-11-20(12-4-1)28-25(30-29(31-28)21-13-5-2-6-14-21)19-24-22-15-7-9-17-26(22)32-27-18-10-8-16-23(24)27/h1,3-5,7-19H,2,6H2. The zero-order valence-corrected chi connectivity index (χ0v) is 18.3. The number of fused-ring (bicyclic) bond motifs is 2. The highest BCUT2D eigenvalue weighted by Gasteiger charge is 2.23. The molecule has 3 heteroatoms. The van der Waals surface area contributed by atoms with Crippen LogP contribution in [0.5, 0.6) is 0 Å². The fraction of sp³-hybridized carbons (Fsp3) is 0.0690. The number of allylic oxidation sites excluding steroid dienone is 4. The van der Waals surface area contributed by atoms with Crippen LogP contribution >= 0.6 is 11.8 Å². The molecule has 2 aliphatic rings. The van der Waals surface area contributed by atoms with Crippen molar-refractivity contribution < 1.29 is 4.42 Å². The first-order valence-corrected chi connectivity index (χ1v) is 11.7. The number of oxazole rings is 1. The van der Waals surface area contributed by atoms with Gasteiger partial charge in [-0.1, -0.05) is 96.7 Å². The Morgan fingerprint density at radius 1 is 0.781 bits per heavy atom. The van der Waals surface area contributed by atoms with Gasteiger partial charge in [-0.05, 0) is 47.8 Å². The highest BCUT2D eigenvalue weighted by atomic mass is 32.2. The molecule has 0 atom stereocenters. The molecule has 2 nitrogen and oxygen atoms in total. The van der Waals surface area contributed by atoms with Crippen LogP contribution in [-0.2, 0) is 0 Å². The van der Waals surface area contributed by atoms with Crippen LogP contribution in [0.2, 0.25) is 0 Å². The first-order valence-electron chi connectivity index (χ1n) is 10.9. The Kier molecular flexibility index (Phi) is 4.89. The van der Waals surface area contributed by atoms with Crippen molar-refractivity contribution in [3.63, 3.8) is 0 Å². The van der Waals surface area contributed by atoms with Crippen molar-refractivity contribution in [3.8, 4) is 11.3 Å². The van der Waals surface area contributed by atoms with Gasteiger partial charge in [-0.15, -0.1) is 0 Å². The third-order valence-corrected chi connectivity index (χ3v) is 6.94. The van der Waals surface area contributed by atoms with E-state index in [1.165, 1.54) is 26.5 Å². The van der Waals surface area contributed by atoms with Crippen molar-refractivity contribution >= 4 is 29.0 Å². The molecule has 0 amide bonds. The van der Waals surface area contributed by atoms with Crippen molar-refractivity contribution in [1.29, 1.82) is 0 Å². The number of aromatic nitrogens is 1. The summed E-state index contributed by atoms with van der Waals surface area (Å²) in [6.07, 6.45) is 10.8. The van der Waals surface area contributed by atoms with E-state index in [-0.39, 0.29) is 0 Å². The van der Waals surface area contributed by atoms with E-state index < -0.39 is 0 Å². The van der Waals surface area contributed by atoms with Gasteiger partial charge < -0.3 is 4.42 Å². The van der Waals surface area contributed by atoms with Crippen LogP contribution in [0.4, 0.5) is 0 Å².